The maximum atomic E-state index is 11.5. The second-order valence-electron chi connectivity index (χ2n) is 6.31. The Kier molecular flexibility index (Phi) is 6.09. The molecule has 25 heavy (non-hydrogen) atoms. The Morgan fingerprint density at radius 1 is 1.04 bits per heavy atom. The largest absolute Gasteiger partial charge is 0.468 e. The van der Waals surface area contributed by atoms with E-state index in [4.69, 9.17) is 4.42 Å². The Balaban J connectivity index is 1.43. The van der Waals surface area contributed by atoms with Gasteiger partial charge in [-0.05, 0) is 36.8 Å². The first-order chi connectivity index (χ1) is 12.2. The van der Waals surface area contributed by atoms with Gasteiger partial charge in [0.15, 0.2) is 0 Å². The van der Waals surface area contributed by atoms with Crippen LogP contribution in [-0.4, -0.2) is 48.6 Å². The molecule has 134 valence electrons. The summed E-state index contributed by atoms with van der Waals surface area (Å²) in [5.41, 5.74) is 2.08. The second-order valence-corrected chi connectivity index (χ2v) is 6.31. The first-order valence-electron chi connectivity index (χ1n) is 8.84. The fourth-order valence-corrected chi connectivity index (χ4v) is 3.02. The summed E-state index contributed by atoms with van der Waals surface area (Å²) < 4.78 is 5.42. The van der Waals surface area contributed by atoms with E-state index in [2.05, 4.69) is 32.6 Å². The molecule has 2 amide bonds. The SMILES string of the molecule is CCNC(=O)Nc1ccc(CN2CCN(Cc3ccco3)CC2)cc1. The van der Waals surface area contributed by atoms with Crippen molar-refractivity contribution in [3.8, 4) is 0 Å². The normalized spacial score (nSPS) is 15.9. The predicted molar refractivity (Wildman–Crippen MR) is 98.4 cm³/mol. The molecule has 0 saturated carbocycles. The molecule has 3 rings (SSSR count). The van der Waals surface area contributed by atoms with Crippen LogP contribution >= 0.6 is 0 Å². The highest BCUT2D eigenvalue weighted by Crippen LogP contribution is 2.14. The van der Waals surface area contributed by atoms with Crippen LogP contribution in [0.25, 0.3) is 0 Å². The van der Waals surface area contributed by atoms with Gasteiger partial charge in [-0.15, -0.1) is 0 Å². The third-order valence-corrected chi connectivity index (χ3v) is 4.38. The summed E-state index contributed by atoms with van der Waals surface area (Å²) in [4.78, 5) is 16.4. The molecule has 0 unspecified atom stereocenters. The van der Waals surface area contributed by atoms with Gasteiger partial charge >= 0.3 is 6.03 Å². The number of nitrogens with one attached hydrogen (secondary N) is 2. The zero-order valence-electron chi connectivity index (χ0n) is 14.7. The number of piperazine rings is 1. The number of hydrogen-bond donors (Lipinski definition) is 2. The van der Waals surface area contributed by atoms with Crippen LogP contribution in [0.5, 0.6) is 0 Å². The van der Waals surface area contributed by atoms with Crippen molar-refractivity contribution in [2.24, 2.45) is 0 Å². The first-order valence-corrected chi connectivity index (χ1v) is 8.84. The van der Waals surface area contributed by atoms with Crippen molar-refractivity contribution >= 4 is 11.7 Å². The predicted octanol–water partition coefficient (Wildman–Crippen LogP) is 2.74. The van der Waals surface area contributed by atoms with E-state index >= 15 is 0 Å². The van der Waals surface area contributed by atoms with E-state index in [9.17, 15) is 4.79 Å². The number of anilines is 1. The highest BCUT2D eigenvalue weighted by atomic mass is 16.3. The number of nitrogens with zero attached hydrogens (tertiary/aromatic N) is 2. The number of carbonyl (C=O) groups excluding carboxylic acids is 1. The maximum Gasteiger partial charge on any atom is 0.319 e. The van der Waals surface area contributed by atoms with Crippen LogP contribution in [0.4, 0.5) is 10.5 Å². The van der Waals surface area contributed by atoms with Crippen LogP contribution in [-0.2, 0) is 13.1 Å². The van der Waals surface area contributed by atoms with E-state index < -0.39 is 0 Å². The minimum absolute atomic E-state index is 0.164. The molecule has 2 heterocycles. The minimum atomic E-state index is -0.164. The monoisotopic (exact) mass is 342 g/mol. The molecule has 6 heteroatoms. The summed E-state index contributed by atoms with van der Waals surface area (Å²) >= 11 is 0. The van der Waals surface area contributed by atoms with Crippen LogP contribution in [0.1, 0.15) is 18.2 Å². The van der Waals surface area contributed by atoms with Gasteiger partial charge in [0.2, 0.25) is 0 Å². The quantitative estimate of drug-likeness (QED) is 0.847. The standard InChI is InChI=1S/C19H26N4O2/c1-2-20-19(24)21-17-7-5-16(6-8-17)14-22-9-11-23(12-10-22)15-18-4-3-13-25-18/h3-8,13H,2,9-12,14-15H2,1H3,(H2,20,21,24). The third kappa shape index (κ3) is 5.34. The van der Waals surface area contributed by atoms with Crippen molar-refractivity contribution in [3.63, 3.8) is 0 Å². The lowest BCUT2D eigenvalue weighted by molar-refractivity contribution is 0.116. The van der Waals surface area contributed by atoms with Crippen molar-refractivity contribution in [3.05, 3.63) is 54.0 Å². The molecular weight excluding hydrogens is 316 g/mol. The van der Waals surface area contributed by atoms with E-state index in [1.54, 1.807) is 6.26 Å². The number of amides is 2. The lowest BCUT2D eigenvalue weighted by Gasteiger charge is -2.34. The van der Waals surface area contributed by atoms with Gasteiger partial charge in [0.05, 0.1) is 12.8 Å². The average molecular weight is 342 g/mol. The molecule has 2 N–H and O–H groups in total. The third-order valence-electron chi connectivity index (χ3n) is 4.38. The Bertz CT molecular complexity index is 647. The first kappa shape index (κ1) is 17.5. The zero-order valence-corrected chi connectivity index (χ0v) is 14.7. The van der Waals surface area contributed by atoms with Crippen molar-refractivity contribution in [1.82, 2.24) is 15.1 Å². The van der Waals surface area contributed by atoms with Crippen molar-refractivity contribution in [1.29, 1.82) is 0 Å². The van der Waals surface area contributed by atoms with Gasteiger partial charge in [-0.3, -0.25) is 9.80 Å². The van der Waals surface area contributed by atoms with Crippen LogP contribution in [0, 0.1) is 0 Å². The zero-order chi connectivity index (χ0) is 17.5. The molecule has 0 bridgehead atoms. The Morgan fingerprint density at radius 3 is 2.32 bits per heavy atom. The Hall–Kier alpha value is -2.31. The van der Waals surface area contributed by atoms with Gasteiger partial charge in [-0.2, -0.15) is 0 Å². The lowest BCUT2D eigenvalue weighted by atomic mass is 10.1. The maximum absolute atomic E-state index is 11.5. The highest BCUT2D eigenvalue weighted by Gasteiger charge is 2.17. The number of furan rings is 1. The summed E-state index contributed by atoms with van der Waals surface area (Å²) in [6.45, 7) is 8.57. The topological polar surface area (TPSA) is 60.8 Å². The molecule has 2 aromatic rings. The smallest absolute Gasteiger partial charge is 0.319 e. The molecule has 0 atom stereocenters. The molecule has 0 spiro atoms. The molecule has 0 aliphatic carbocycles. The van der Waals surface area contributed by atoms with E-state index in [0.717, 1.165) is 50.7 Å². The van der Waals surface area contributed by atoms with Gasteiger partial charge in [-0.1, -0.05) is 12.1 Å². The van der Waals surface area contributed by atoms with Crippen molar-refractivity contribution < 1.29 is 9.21 Å². The number of rotatable bonds is 6. The van der Waals surface area contributed by atoms with Gasteiger partial charge in [0.25, 0.3) is 0 Å². The number of hydrogen-bond acceptors (Lipinski definition) is 4. The van der Waals surface area contributed by atoms with Gasteiger partial charge < -0.3 is 15.1 Å². The summed E-state index contributed by atoms with van der Waals surface area (Å²) in [5, 5.41) is 5.55. The van der Waals surface area contributed by atoms with Crippen LogP contribution in [0.2, 0.25) is 0 Å². The average Bonchev–Trinajstić information content (AvgIpc) is 3.12. The fraction of sp³-hybridized carbons (Fsp3) is 0.421. The summed E-state index contributed by atoms with van der Waals surface area (Å²) in [6.07, 6.45) is 1.73. The molecule has 1 aliphatic rings. The van der Waals surface area contributed by atoms with E-state index in [1.807, 2.05) is 31.2 Å². The molecule has 1 aromatic carbocycles. The van der Waals surface area contributed by atoms with Crippen LogP contribution in [0.3, 0.4) is 0 Å². The van der Waals surface area contributed by atoms with E-state index in [-0.39, 0.29) is 6.03 Å². The fourth-order valence-electron chi connectivity index (χ4n) is 3.02. The number of benzene rings is 1. The summed E-state index contributed by atoms with van der Waals surface area (Å²) in [5.74, 6) is 1.03. The molecule has 1 aromatic heterocycles. The number of urea groups is 1. The van der Waals surface area contributed by atoms with Crippen molar-refractivity contribution in [2.45, 2.75) is 20.0 Å². The summed E-state index contributed by atoms with van der Waals surface area (Å²) in [7, 11) is 0. The van der Waals surface area contributed by atoms with Gasteiger partial charge in [0, 0.05) is 45.0 Å². The second kappa shape index (κ2) is 8.69. The van der Waals surface area contributed by atoms with Crippen LogP contribution in [0.15, 0.2) is 47.1 Å². The molecular formula is C19H26N4O2. The lowest BCUT2D eigenvalue weighted by Crippen LogP contribution is -2.45. The molecule has 1 fully saturated rings. The van der Waals surface area contributed by atoms with Gasteiger partial charge in [-0.25, -0.2) is 4.79 Å². The van der Waals surface area contributed by atoms with Crippen molar-refractivity contribution in [2.75, 3.05) is 38.0 Å². The highest BCUT2D eigenvalue weighted by molar-refractivity contribution is 5.89. The Labute approximate surface area is 148 Å². The molecule has 1 aliphatic heterocycles. The number of carbonyl (C=O) groups is 1. The minimum Gasteiger partial charge on any atom is -0.468 e. The van der Waals surface area contributed by atoms with E-state index in [1.165, 1.54) is 5.56 Å². The molecule has 6 nitrogen and oxygen atoms in total. The van der Waals surface area contributed by atoms with E-state index in [0.29, 0.717) is 6.54 Å². The molecule has 0 radical (unpaired) electrons. The summed E-state index contributed by atoms with van der Waals surface area (Å²) in [6, 6.07) is 11.9. The molecule has 1 saturated heterocycles. The van der Waals surface area contributed by atoms with Gasteiger partial charge in [0.1, 0.15) is 5.76 Å². The Morgan fingerprint density at radius 2 is 1.72 bits per heavy atom. The van der Waals surface area contributed by atoms with Crippen LogP contribution < -0.4 is 10.6 Å².